The topological polar surface area (TPSA) is 146 Å². The molecule has 11 nitrogen and oxygen atoms in total. The number of nitro benzene ring substituents is 1. The molecule has 32 heavy (non-hydrogen) atoms. The summed E-state index contributed by atoms with van der Waals surface area (Å²) in [7, 11) is 0.00438. The van der Waals surface area contributed by atoms with E-state index in [-0.39, 0.29) is 40.8 Å². The first-order valence-corrected chi connectivity index (χ1v) is 10.9. The van der Waals surface area contributed by atoms with Gasteiger partial charge in [-0.1, -0.05) is 12.1 Å². The van der Waals surface area contributed by atoms with Crippen molar-refractivity contribution in [2.75, 3.05) is 34.4 Å². The van der Waals surface area contributed by atoms with Gasteiger partial charge in [-0.05, 0) is 31.0 Å². The fraction of sp³-hybridized carbons (Fsp3) is 0.350. The van der Waals surface area contributed by atoms with Crippen molar-refractivity contribution in [1.29, 1.82) is 0 Å². The van der Waals surface area contributed by atoms with E-state index in [1.165, 1.54) is 21.3 Å². The largest absolute Gasteiger partial charge is 0.493 e. The van der Waals surface area contributed by atoms with E-state index in [9.17, 15) is 23.3 Å². The van der Waals surface area contributed by atoms with Crippen molar-refractivity contribution >= 4 is 21.6 Å². The van der Waals surface area contributed by atoms with Gasteiger partial charge >= 0.3 is 5.69 Å². The van der Waals surface area contributed by atoms with E-state index in [1.54, 1.807) is 32.0 Å². The van der Waals surface area contributed by atoms with Crippen LogP contribution >= 0.6 is 0 Å². The van der Waals surface area contributed by atoms with Crippen LogP contribution in [0.25, 0.3) is 0 Å². The predicted octanol–water partition coefficient (Wildman–Crippen LogP) is 1.95. The van der Waals surface area contributed by atoms with Crippen LogP contribution in [0.2, 0.25) is 0 Å². The lowest BCUT2D eigenvalue weighted by Crippen LogP contribution is -2.35. The number of hydrogen-bond donors (Lipinski definition) is 2. The Morgan fingerprint density at radius 1 is 1.03 bits per heavy atom. The third kappa shape index (κ3) is 5.26. The van der Waals surface area contributed by atoms with Crippen LogP contribution in [0.1, 0.15) is 21.5 Å². The highest BCUT2D eigenvalue weighted by atomic mass is 32.2. The van der Waals surface area contributed by atoms with Crippen molar-refractivity contribution in [3.05, 3.63) is 51.1 Å². The molecule has 0 saturated carbocycles. The minimum atomic E-state index is -3.79. The lowest BCUT2D eigenvalue weighted by Gasteiger charge is -2.15. The Labute approximate surface area is 185 Å². The zero-order chi connectivity index (χ0) is 24.1. The minimum absolute atomic E-state index is 0.0282. The van der Waals surface area contributed by atoms with Gasteiger partial charge in [-0.3, -0.25) is 14.9 Å². The Bertz CT molecular complexity index is 1130. The fourth-order valence-electron chi connectivity index (χ4n) is 3.03. The number of carbonyl (C=O) groups excluding carboxylic acids is 1. The van der Waals surface area contributed by atoms with Crippen molar-refractivity contribution in [1.82, 2.24) is 10.0 Å². The predicted molar refractivity (Wildman–Crippen MR) is 116 cm³/mol. The Balaban J connectivity index is 2.19. The first kappa shape index (κ1) is 24.9. The molecule has 0 aromatic heterocycles. The van der Waals surface area contributed by atoms with Gasteiger partial charge < -0.3 is 19.5 Å². The second-order valence-electron chi connectivity index (χ2n) is 6.72. The molecule has 12 heteroatoms. The SMILES string of the molecule is COc1cc(C(=O)NCCNS(=O)(=O)c2cc(C)ccc2C)c([N+](=O)[O-])c(OC)c1OC. The van der Waals surface area contributed by atoms with E-state index in [1.807, 2.05) is 0 Å². The minimum Gasteiger partial charge on any atom is -0.493 e. The number of amides is 1. The van der Waals surface area contributed by atoms with Crippen LogP contribution in [0.4, 0.5) is 5.69 Å². The maximum atomic E-state index is 12.7. The lowest BCUT2D eigenvalue weighted by molar-refractivity contribution is -0.386. The summed E-state index contributed by atoms with van der Waals surface area (Å²) < 4.78 is 42.8. The number of methoxy groups -OCH3 is 3. The molecule has 0 saturated heterocycles. The average Bonchev–Trinajstić information content (AvgIpc) is 2.76. The maximum absolute atomic E-state index is 12.7. The van der Waals surface area contributed by atoms with Gasteiger partial charge in [0.25, 0.3) is 5.91 Å². The zero-order valence-corrected chi connectivity index (χ0v) is 19.2. The van der Waals surface area contributed by atoms with Gasteiger partial charge in [0.1, 0.15) is 5.56 Å². The second-order valence-corrected chi connectivity index (χ2v) is 8.46. The maximum Gasteiger partial charge on any atom is 0.327 e. The Morgan fingerprint density at radius 2 is 1.69 bits per heavy atom. The third-order valence-corrected chi connectivity index (χ3v) is 6.17. The summed E-state index contributed by atoms with van der Waals surface area (Å²) in [6, 6.07) is 6.22. The van der Waals surface area contributed by atoms with Crippen LogP contribution in [-0.4, -0.2) is 53.7 Å². The summed E-state index contributed by atoms with van der Waals surface area (Å²) in [6.45, 7) is 3.22. The van der Waals surface area contributed by atoms with Crippen LogP contribution in [-0.2, 0) is 10.0 Å². The normalized spacial score (nSPS) is 11.0. The van der Waals surface area contributed by atoms with Crippen molar-refractivity contribution in [2.45, 2.75) is 18.7 Å². The Kier molecular flexibility index (Phi) is 8.00. The zero-order valence-electron chi connectivity index (χ0n) is 18.3. The molecular weight excluding hydrogens is 442 g/mol. The molecule has 0 aliphatic heterocycles. The number of hydrogen-bond acceptors (Lipinski definition) is 8. The molecule has 2 rings (SSSR count). The van der Waals surface area contributed by atoms with E-state index >= 15 is 0 Å². The summed E-state index contributed by atoms with van der Waals surface area (Å²) in [5.41, 5.74) is 0.458. The molecule has 0 atom stereocenters. The first-order chi connectivity index (χ1) is 15.1. The summed E-state index contributed by atoms with van der Waals surface area (Å²) >= 11 is 0. The van der Waals surface area contributed by atoms with Crippen LogP contribution in [0, 0.1) is 24.0 Å². The van der Waals surface area contributed by atoms with Gasteiger partial charge in [0, 0.05) is 19.2 Å². The summed E-state index contributed by atoms with van der Waals surface area (Å²) in [6.07, 6.45) is 0. The van der Waals surface area contributed by atoms with Crippen LogP contribution in [0.15, 0.2) is 29.2 Å². The first-order valence-electron chi connectivity index (χ1n) is 9.39. The van der Waals surface area contributed by atoms with Crippen LogP contribution in [0.5, 0.6) is 17.2 Å². The summed E-state index contributed by atoms with van der Waals surface area (Å²) in [4.78, 5) is 23.6. The van der Waals surface area contributed by atoms with E-state index < -0.39 is 26.5 Å². The number of ether oxygens (including phenoxy) is 3. The molecular formula is C20H25N3O8S. The van der Waals surface area contributed by atoms with Gasteiger partial charge in [-0.2, -0.15) is 0 Å². The second kappa shape index (κ2) is 10.3. The number of benzene rings is 2. The highest BCUT2D eigenvalue weighted by molar-refractivity contribution is 7.89. The molecule has 0 fully saturated rings. The Hall–Kier alpha value is -3.38. The summed E-state index contributed by atoms with van der Waals surface area (Å²) in [5.74, 6) is -1.03. The summed E-state index contributed by atoms with van der Waals surface area (Å²) in [5, 5.41) is 14.1. The molecule has 2 N–H and O–H groups in total. The molecule has 0 aliphatic carbocycles. The van der Waals surface area contributed by atoms with E-state index in [0.29, 0.717) is 5.56 Å². The van der Waals surface area contributed by atoms with Gasteiger partial charge in [0.15, 0.2) is 5.75 Å². The number of nitrogens with one attached hydrogen (secondary N) is 2. The molecule has 0 aliphatic rings. The molecule has 0 unspecified atom stereocenters. The van der Waals surface area contributed by atoms with Gasteiger partial charge in [0.05, 0.1) is 31.1 Å². The molecule has 174 valence electrons. The quantitative estimate of drug-likeness (QED) is 0.306. The monoisotopic (exact) mass is 467 g/mol. The number of nitro groups is 1. The third-order valence-electron chi connectivity index (χ3n) is 4.57. The van der Waals surface area contributed by atoms with E-state index in [0.717, 1.165) is 11.6 Å². The smallest absolute Gasteiger partial charge is 0.327 e. The molecule has 0 bridgehead atoms. The average molecular weight is 468 g/mol. The van der Waals surface area contributed by atoms with Crippen LogP contribution in [0.3, 0.4) is 0 Å². The van der Waals surface area contributed by atoms with Gasteiger partial charge in [-0.25, -0.2) is 13.1 Å². The lowest BCUT2D eigenvalue weighted by atomic mass is 10.1. The van der Waals surface area contributed by atoms with Crippen molar-refractivity contribution in [3.63, 3.8) is 0 Å². The molecule has 0 radical (unpaired) electrons. The highest BCUT2D eigenvalue weighted by Gasteiger charge is 2.32. The number of aryl methyl sites for hydroxylation is 2. The highest BCUT2D eigenvalue weighted by Crippen LogP contribution is 2.46. The van der Waals surface area contributed by atoms with Crippen molar-refractivity contribution in [2.24, 2.45) is 0 Å². The Morgan fingerprint density at radius 3 is 2.25 bits per heavy atom. The number of carbonyl (C=O) groups is 1. The molecule has 2 aromatic carbocycles. The van der Waals surface area contributed by atoms with Crippen molar-refractivity contribution < 1.29 is 32.3 Å². The van der Waals surface area contributed by atoms with E-state index in [2.05, 4.69) is 10.0 Å². The van der Waals surface area contributed by atoms with Crippen molar-refractivity contribution in [3.8, 4) is 17.2 Å². The molecule has 0 heterocycles. The number of nitrogens with zero attached hydrogens (tertiary/aromatic N) is 1. The standard InChI is InChI=1S/C20H25N3O8S/c1-12-6-7-13(2)16(10-12)32(27,28)22-9-8-21-20(24)14-11-15(29-3)18(30-4)19(31-5)17(14)23(25)26/h6-7,10-11,22H,8-9H2,1-5H3,(H,21,24). The van der Waals surface area contributed by atoms with Crippen LogP contribution < -0.4 is 24.2 Å². The van der Waals surface area contributed by atoms with Gasteiger partial charge in [0.2, 0.25) is 21.5 Å². The molecule has 2 aromatic rings. The number of sulfonamides is 1. The van der Waals surface area contributed by atoms with E-state index in [4.69, 9.17) is 14.2 Å². The number of rotatable bonds is 10. The van der Waals surface area contributed by atoms with Gasteiger partial charge in [-0.15, -0.1) is 0 Å². The molecule has 0 spiro atoms. The fourth-order valence-corrected chi connectivity index (χ4v) is 4.39. The molecule has 1 amide bonds.